The molecule has 0 saturated heterocycles. The van der Waals surface area contributed by atoms with Crippen LogP contribution < -0.4 is 5.32 Å². The van der Waals surface area contributed by atoms with E-state index >= 15 is 0 Å². The van der Waals surface area contributed by atoms with Gasteiger partial charge in [-0.2, -0.15) is 0 Å². The summed E-state index contributed by atoms with van der Waals surface area (Å²) in [6.07, 6.45) is 0. The summed E-state index contributed by atoms with van der Waals surface area (Å²) < 4.78 is 6.29. The predicted octanol–water partition coefficient (Wildman–Crippen LogP) is 4.24. The first-order valence-corrected chi connectivity index (χ1v) is 8.72. The molecule has 2 atom stereocenters. The van der Waals surface area contributed by atoms with Gasteiger partial charge in [0.1, 0.15) is 11.1 Å². The zero-order valence-corrected chi connectivity index (χ0v) is 14.9. The molecule has 1 aliphatic heterocycles. The van der Waals surface area contributed by atoms with Gasteiger partial charge in [-0.25, -0.2) is 0 Å². The summed E-state index contributed by atoms with van der Waals surface area (Å²) >= 11 is 0. The Labute approximate surface area is 153 Å². The predicted molar refractivity (Wildman–Crippen MR) is 102 cm³/mol. The van der Waals surface area contributed by atoms with E-state index in [1.54, 1.807) is 7.11 Å². The zero-order chi connectivity index (χ0) is 18.2. The normalized spacial score (nSPS) is 24.6. The van der Waals surface area contributed by atoms with Crippen molar-refractivity contribution < 1.29 is 9.53 Å². The van der Waals surface area contributed by atoms with Crippen molar-refractivity contribution in [1.29, 1.82) is 0 Å². The molecular weight excluding hydrogens is 322 g/mol. The Morgan fingerprint density at radius 3 is 1.92 bits per heavy atom. The van der Waals surface area contributed by atoms with Crippen LogP contribution in [0.25, 0.3) is 0 Å². The van der Waals surface area contributed by atoms with E-state index in [0.717, 1.165) is 16.7 Å². The number of nitrogens with one attached hydrogen (secondary N) is 1. The van der Waals surface area contributed by atoms with Crippen LogP contribution in [-0.4, -0.2) is 13.0 Å². The molecule has 0 spiro atoms. The Balaban J connectivity index is 2.10. The summed E-state index contributed by atoms with van der Waals surface area (Å²) in [6.45, 7) is 2.03. The highest BCUT2D eigenvalue weighted by atomic mass is 16.5. The Kier molecular flexibility index (Phi) is 3.89. The van der Waals surface area contributed by atoms with Crippen LogP contribution in [0.3, 0.4) is 0 Å². The molecule has 0 aliphatic carbocycles. The maximum absolute atomic E-state index is 12.9. The number of carbonyl (C=O) groups excluding carboxylic acids is 1. The molecule has 4 rings (SSSR count). The molecule has 1 N–H and O–H groups in total. The maximum atomic E-state index is 12.9. The van der Waals surface area contributed by atoms with Crippen molar-refractivity contribution in [3.63, 3.8) is 0 Å². The molecule has 0 aromatic heterocycles. The third-order valence-corrected chi connectivity index (χ3v) is 5.46. The fourth-order valence-electron chi connectivity index (χ4n) is 4.24. The van der Waals surface area contributed by atoms with Gasteiger partial charge in [0.05, 0.1) is 0 Å². The van der Waals surface area contributed by atoms with E-state index in [-0.39, 0.29) is 5.91 Å². The quantitative estimate of drug-likeness (QED) is 0.773. The lowest BCUT2D eigenvalue weighted by Gasteiger charge is -2.52. The fraction of sp³-hybridized carbons (Fsp3) is 0.174. The van der Waals surface area contributed by atoms with Crippen LogP contribution in [0.1, 0.15) is 34.0 Å². The first kappa shape index (κ1) is 16.6. The van der Waals surface area contributed by atoms with Crippen LogP contribution in [0.2, 0.25) is 0 Å². The van der Waals surface area contributed by atoms with E-state index in [1.165, 1.54) is 0 Å². The van der Waals surface area contributed by atoms with E-state index in [1.807, 2.05) is 79.7 Å². The monoisotopic (exact) mass is 343 g/mol. The van der Waals surface area contributed by atoms with Gasteiger partial charge in [-0.3, -0.25) is 4.79 Å². The minimum atomic E-state index is -0.847. The smallest absolute Gasteiger partial charge is 0.252 e. The Morgan fingerprint density at radius 2 is 1.31 bits per heavy atom. The van der Waals surface area contributed by atoms with Crippen LogP contribution in [0.15, 0.2) is 84.9 Å². The summed E-state index contributed by atoms with van der Waals surface area (Å²) in [5.74, 6) is -0.0874. The lowest BCUT2D eigenvalue weighted by atomic mass is 9.64. The van der Waals surface area contributed by atoms with E-state index in [4.69, 9.17) is 4.74 Å². The number of ether oxygens (including phenoxy) is 1. The standard InChI is InChI=1S/C23H21NO2/c1-22(17-11-5-3-6-12-17)23(26-2,18-13-7-4-8-14-18)20-16-10-9-15-19(20)21(25)24-22/h3-16H,1-2H3,(H,24,25). The molecule has 3 aromatic carbocycles. The highest BCUT2D eigenvalue weighted by Gasteiger charge is 2.57. The van der Waals surface area contributed by atoms with Gasteiger partial charge in [-0.05, 0) is 24.1 Å². The molecular formula is C23H21NO2. The molecule has 0 fully saturated rings. The van der Waals surface area contributed by atoms with Gasteiger partial charge in [-0.1, -0.05) is 78.9 Å². The molecule has 1 aliphatic rings. The van der Waals surface area contributed by atoms with Crippen LogP contribution in [0.4, 0.5) is 0 Å². The molecule has 0 saturated carbocycles. The van der Waals surface area contributed by atoms with Crippen molar-refractivity contribution in [3.05, 3.63) is 107 Å². The Morgan fingerprint density at radius 1 is 0.769 bits per heavy atom. The van der Waals surface area contributed by atoms with E-state index in [9.17, 15) is 4.79 Å². The third kappa shape index (κ3) is 2.14. The van der Waals surface area contributed by atoms with Crippen molar-refractivity contribution in [3.8, 4) is 0 Å². The lowest BCUT2D eigenvalue weighted by molar-refractivity contribution is -0.0589. The number of methoxy groups -OCH3 is 1. The van der Waals surface area contributed by atoms with Crippen molar-refractivity contribution >= 4 is 5.91 Å². The number of fused-ring (bicyclic) bond motifs is 1. The van der Waals surface area contributed by atoms with E-state index in [0.29, 0.717) is 5.56 Å². The number of amides is 1. The van der Waals surface area contributed by atoms with Crippen LogP contribution in [0, 0.1) is 0 Å². The van der Waals surface area contributed by atoms with E-state index in [2.05, 4.69) is 17.4 Å². The molecule has 130 valence electrons. The fourth-order valence-corrected chi connectivity index (χ4v) is 4.24. The summed E-state index contributed by atoms with van der Waals surface area (Å²) in [4.78, 5) is 12.9. The molecule has 1 heterocycles. The largest absolute Gasteiger partial charge is 0.366 e. The minimum Gasteiger partial charge on any atom is -0.366 e. The maximum Gasteiger partial charge on any atom is 0.252 e. The highest BCUT2D eigenvalue weighted by Crippen LogP contribution is 2.51. The number of hydrogen-bond acceptors (Lipinski definition) is 2. The summed E-state index contributed by atoms with van der Waals surface area (Å²) in [7, 11) is 1.71. The second-order valence-corrected chi connectivity index (χ2v) is 6.74. The average molecular weight is 343 g/mol. The van der Waals surface area contributed by atoms with Gasteiger partial charge in [0.2, 0.25) is 0 Å². The molecule has 26 heavy (non-hydrogen) atoms. The molecule has 3 nitrogen and oxygen atoms in total. The second kappa shape index (κ2) is 6.11. The number of rotatable bonds is 3. The minimum absolute atomic E-state index is 0.0874. The van der Waals surface area contributed by atoms with Gasteiger partial charge in [0.15, 0.2) is 0 Å². The summed E-state index contributed by atoms with van der Waals surface area (Å²) in [5, 5.41) is 3.24. The molecule has 3 heteroatoms. The van der Waals surface area contributed by atoms with Crippen molar-refractivity contribution in [2.75, 3.05) is 7.11 Å². The number of benzene rings is 3. The number of hydrogen-bond donors (Lipinski definition) is 1. The van der Waals surface area contributed by atoms with Gasteiger partial charge < -0.3 is 10.1 Å². The highest BCUT2D eigenvalue weighted by molar-refractivity contribution is 5.98. The second-order valence-electron chi connectivity index (χ2n) is 6.74. The molecule has 2 unspecified atom stereocenters. The van der Waals surface area contributed by atoms with Crippen LogP contribution in [0.5, 0.6) is 0 Å². The molecule has 1 amide bonds. The van der Waals surface area contributed by atoms with Crippen molar-refractivity contribution in [1.82, 2.24) is 5.32 Å². The average Bonchev–Trinajstić information content (AvgIpc) is 2.70. The van der Waals surface area contributed by atoms with Crippen molar-refractivity contribution in [2.45, 2.75) is 18.1 Å². The van der Waals surface area contributed by atoms with Gasteiger partial charge in [-0.15, -0.1) is 0 Å². The molecule has 0 bridgehead atoms. The van der Waals surface area contributed by atoms with Crippen LogP contribution >= 0.6 is 0 Å². The third-order valence-electron chi connectivity index (χ3n) is 5.46. The van der Waals surface area contributed by atoms with Crippen molar-refractivity contribution in [2.24, 2.45) is 0 Å². The summed E-state index contributed by atoms with van der Waals surface area (Å²) in [5.41, 5.74) is 1.90. The Hall–Kier alpha value is -2.91. The van der Waals surface area contributed by atoms with E-state index < -0.39 is 11.1 Å². The van der Waals surface area contributed by atoms with Crippen LogP contribution in [-0.2, 0) is 15.9 Å². The first-order chi connectivity index (χ1) is 12.6. The van der Waals surface area contributed by atoms with Gasteiger partial charge >= 0.3 is 0 Å². The lowest BCUT2D eigenvalue weighted by Crippen LogP contribution is -2.63. The topological polar surface area (TPSA) is 38.3 Å². The molecule has 3 aromatic rings. The number of carbonyl (C=O) groups is 1. The first-order valence-electron chi connectivity index (χ1n) is 8.72. The van der Waals surface area contributed by atoms with Gasteiger partial charge in [0, 0.05) is 18.2 Å². The molecule has 0 radical (unpaired) electrons. The zero-order valence-electron chi connectivity index (χ0n) is 14.9. The Bertz CT molecular complexity index is 939. The summed E-state index contributed by atoms with van der Waals surface area (Å²) in [6, 6.07) is 27.8. The SMILES string of the molecule is COC1(c2ccccc2)c2ccccc2C(=O)NC1(C)c1ccccc1. The van der Waals surface area contributed by atoms with Gasteiger partial charge in [0.25, 0.3) is 5.91 Å².